The van der Waals surface area contributed by atoms with Gasteiger partial charge in [-0.2, -0.15) is 0 Å². The van der Waals surface area contributed by atoms with E-state index in [1.165, 1.54) is 0 Å². The molecule has 0 aliphatic heterocycles. The van der Waals surface area contributed by atoms with Gasteiger partial charge in [-0.3, -0.25) is 0 Å². The van der Waals surface area contributed by atoms with Gasteiger partial charge in [0.1, 0.15) is 10.7 Å². The summed E-state index contributed by atoms with van der Waals surface area (Å²) < 4.78 is 35.5. The number of carbonyl (C=O) groups is 1. The molecule has 1 aromatic rings. The zero-order valence-corrected chi connectivity index (χ0v) is 10.5. The fraction of sp³-hybridized carbons (Fsp3) is 0.300. The minimum Gasteiger partial charge on any atom is -0.478 e. The van der Waals surface area contributed by atoms with E-state index in [1.807, 2.05) is 0 Å². The molecule has 0 spiro atoms. The zero-order chi connectivity index (χ0) is 13.2. The third-order valence-electron chi connectivity index (χ3n) is 2.17. The number of carboxylic acid groups (broad SMARTS) is 1. The minimum atomic E-state index is -4.29. The van der Waals surface area contributed by atoms with Gasteiger partial charge in [-0.1, -0.05) is 13.3 Å². The smallest absolute Gasteiger partial charge is 0.336 e. The van der Waals surface area contributed by atoms with Crippen LogP contribution < -0.4 is 0 Å². The van der Waals surface area contributed by atoms with E-state index in [-0.39, 0.29) is 11.1 Å². The second-order valence-corrected chi connectivity index (χ2v) is 5.97. The molecule has 0 heterocycles. The van der Waals surface area contributed by atoms with Crippen molar-refractivity contribution >= 4 is 25.7 Å². The Hall–Kier alpha value is -1.14. The van der Waals surface area contributed by atoms with Gasteiger partial charge in [-0.15, -0.1) is 0 Å². The third kappa shape index (κ3) is 3.17. The number of benzene rings is 1. The Morgan fingerprint density at radius 1 is 1.47 bits per heavy atom. The molecular formula is C10H10ClFO4S. The Labute approximate surface area is 102 Å². The maximum absolute atomic E-state index is 13.5. The largest absolute Gasteiger partial charge is 0.478 e. The van der Waals surface area contributed by atoms with Crippen molar-refractivity contribution in [1.82, 2.24) is 0 Å². The molecule has 7 heteroatoms. The molecule has 0 radical (unpaired) electrons. The number of aromatic carboxylic acids is 1. The molecule has 0 aliphatic carbocycles. The van der Waals surface area contributed by atoms with Crippen LogP contribution in [0.25, 0.3) is 0 Å². The Morgan fingerprint density at radius 3 is 2.47 bits per heavy atom. The summed E-state index contributed by atoms with van der Waals surface area (Å²) in [6.45, 7) is 1.80. The van der Waals surface area contributed by atoms with Crippen molar-refractivity contribution in [3.05, 3.63) is 29.1 Å². The molecule has 0 aliphatic rings. The predicted molar refractivity (Wildman–Crippen MR) is 60.4 cm³/mol. The van der Waals surface area contributed by atoms with Crippen LogP contribution in [0.4, 0.5) is 4.39 Å². The van der Waals surface area contributed by atoms with E-state index in [9.17, 15) is 17.6 Å². The Morgan fingerprint density at radius 2 is 2.06 bits per heavy atom. The molecule has 1 aromatic carbocycles. The first-order valence-electron chi connectivity index (χ1n) is 4.77. The number of rotatable bonds is 4. The van der Waals surface area contributed by atoms with Crippen LogP contribution in [-0.2, 0) is 15.5 Å². The molecule has 0 fully saturated rings. The summed E-state index contributed by atoms with van der Waals surface area (Å²) in [6, 6.07) is 1.66. The van der Waals surface area contributed by atoms with Crippen molar-refractivity contribution in [3.8, 4) is 0 Å². The highest BCUT2D eigenvalue weighted by Gasteiger charge is 2.21. The van der Waals surface area contributed by atoms with Crippen LogP contribution in [0, 0.1) is 5.82 Å². The Balaban J connectivity index is 3.51. The molecule has 4 nitrogen and oxygen atoms in total. The summed E-state index contributed by atoms with van der Waals surface area (Å²) in [4.78, 5) is 10.1. The summed E-state index contributed by atoms with van der Waals surface area (Å²) in [5, 5.41) is 8.91. The summed E-state index contributed by atoms with van der Waals surface area (Å²) >= 11 is 0. The lowest BCUT2D eigenvalue weighted by molar-refractivity contribution is 0.0695. The first kappa shape index (κ1) is 13.9. The summed E-state index contributed by atoms with van der Waals surface area (Å²) in [5.41, 5.74) is 0.00837. The number of carboxylic acids is 1. The van der Waals surface area contributed by atoms with E-state index in [4.69, 9.17) is 15.8 Å². The lowest BCUT2D eigenvalue weighted by Gasteiger charge is -2.07. The van der Waals surface area contributed by atoms with Gasteiger partial charge in [-0.05, 0) is 24.1 Å². The number of hydrogen-bond donors (Lipinski definition) is 1. The second kappa shape index (κ2) is 5.01. The SMILES string of the molecule is CCCc1cc(F)c(S(=O)(=O)Cl)cc1C(=O)O. The van der Waals surface area contributed by atoms with Crippen molar-refractivity contribution < 1.29 is 22.7 Å². The first-order chi connectivity index (χ1) is 7.77. The molecule has 0 bridgehead atoms. The Bertz CT molecular complexity index is 554. The van der Waals surface area contributed by atoms with E-state index in [2.05, 4.69) is 0 Å². The van der Waals surface area contributed by atoms with Gasteiger partial charge in [-0.25, -0.2) is 17.6 Å². The molecule has 0 saturated carbocycles. The van der Waals surface area contributed by atoms with E-state index in [1.54, 1.807) is 6.92 Å². The molecule has 1 rings (SSSR count). The van der Waals surface area contributed by atoms with Crippen LogP contribution in [0.3, 0.4) is 0 Å². The lowest BCUT2D eigenvalue weighted by Crippen LogP contribution is -2.07. The van der Waals surface area contributed by atoms with Crippen molar-refractivity contribution in [2.75, 3.05) is 0 Å². The lowest BCUT2D eigenvalue weighted by atomic mass is 10.0. The van der Waals surface area contributed by atoms with Gasteiger partial charge in [0.2, 0.25) is 0 Å². The van der Waals surface area contributed by atoms with Crippen molar-refractivity contribution in [2.45, 2.75) is 24.7 Å². The molecule has 0 amide bonds. The van der Waals surface area contributed by atoms with Gasteiger partial charge in [0.25, 0.3) is 9.05 Å². The zero-order valence-electron chi connectivity index (χ0n) is 8.91. The fourth-order valence-corrected chi connectivity index (χ4v) is 2.36. The van der Waals surface area contributed by atoms with E-state index < -0.39 is 25.7 Å². The van der Waals surface area contributed by atoms with Crippen molar-refractivity contribution in [3.63, 3.8) is 0 Å². The van der Waals surface area contributed by atoms with Gasteiger partial charge >= 0.3 is 5.97 Å². The van der Waals surface area contributed by atoms with Gasteiger partial charge in [0, 0.05) is 10.7 Å². The minimum absolute atomic E-state index is 0.243. The fourth-order valence-electron chi connectivity index (χ4n) is 1.46. The van der Waals surface area contributed by atoms with E-state index in [0.29, 0.717) is 12.8 Å². The van der Waals surface area contributed by atoms with Crippen molar-refractivity contribution in [2.24, 2.45) is 0 Å². The molecular weight excluding hydrogens is 271 g/mol. The normalized spacial score (nSPS) is 11.5. The average Bonchev–Trinajstić information content (AvgIpc) is 2.15. The molecule has 0 aromatic heterocycles. The van der Waals surface area contributed by atoms with Gasteiger partial charge < -0.3 is 5.11 Å². The standard InChI is InChI=1S/C10H10ClFO4S/c1-2-3-6-4-8(12)9(17(11,15)16)5-7(6)10(13)14/h4-5H,2-3H2,1H3,(H,13,14). The predicted octanol–water partition coefficient (Wildman–Crippen LogP) is 2.40. The summed E-state index contributed by atoms with van der Waals surface area (Å²) in [7, 11) is 0.722. The van der Waals surface area contributed by atoms with Crippen molar-refractivity contribution in [1.29, 1.82) is 0 Å². The third-order valence-corrected chi connectivity index (χ3v) is 3.51. The number of halogens is 2. The molecule has 1 N–H and O–H groups in total. The maximum atomic E-state index is 13.5. The van der Waals surface area contributed by atoms with E-state index >= 15 is 0 Å². The quantitative estimate of drug-likeness (QED) is 0.860. The monoisotopic (exact) mass is 280 g/mol. The summed E-state index contributed by atoms with van der Waals surface area (Å²) in [6.07, 6.45) is 0.966. The molecule has 0 atom stereocenters. The van der Waals surface area contributed by atoms with E-state index in [0.717, 1.165) is 12.1 Å². The molecule has 17 heavy (non-hydrogen) atoms. The Kier molecular flexibility index (Phi) is 4.11. The number of hydrogen-bond acceptors (Lipinski definition) is 3. The highest BCUT2D eigenvalue weighted by atomic mass is 35.7. The van der Waals surface area contributed by atoms with Crippen LogP contribution >= 0.6 is 10.7 Å². The van der Waals surface area contributed by atoms with Crippen LogP contribution in [0.2, 0.25) is 0 Å². The maximum Gasteiger partial charge on any atom is 0.336 e. The molecule has 0 saturated heterocycles. The van der Waals surface area contributed by atoms with Crippen LogP contribution in [0.15, 0.2) is 17.0 Å². The number of aryl methyl sites for hydroxylation is 1. The van der Waals surface area contributed by atoms with Crippen LogP contribution in [-0.4, -0.2) is 19.5 Å². The molecule has 0 unspecified atom stereocenters. The second-order valence-electron chi connectivity index (χ2n) is 3.43. The van der Waals surface area contributed by atoms with Gasteiger partial charge in [0.15, 0.2) is 0 Å². The molecule has 94 valence electrons. The highest BCUT2D eigenvalue weighted by molar-refractivity contribution is 8.13. The van der Waals surface area contributed by atoms with Crippen LogP contribution in [0.1, 0.15) is 29.3 Å². The highest BCUT2D eigenvalue weighted by Crippen LogP contribution is 2.24. The first-order valence-corrected chi connectivity index (χ1v) is 7.08. The van der Waals surface area contributed by atoms with Gasteiger partial charge in [0.05, 0.1) is 5.56 Å². The average molecular weight is 281 g/mol. The summed E-state index contributed by atoms with van der Waals surface area (Å²) in [5.74, 6) is -2.34. The topological polar surface area (TPSA) is 71.4 Å². The van der Waals surface area contributed by atoms with Crippen LogP contribution in [0.5, 0.6) is 0 Å².